The molecule has 4 atom stereocenters. The van der Waals surface area contributed by atoms with E-state index in [2.05, 4.69) is 22.2 Å². The Hall–Kier alpha value is -1.00. The molecule has 1 N–H and O–H groups in total. The lowest BCUT2D eigenvalue weighted by molar-refractivity contribution is -0.178. The molecule has 0 radical (unpaired) electrons. The second kappa shape index (κ2) is 4.25. The van der Waals surface area contributed by atoms with Crippen molar-refractivity contribution in [2.75, 3.05) is 6.61 Å². The van der Waals surface area contributed by atoms with Crippen molar-refractivity contribution in [2.45, 2.75) is 50.8 Å². The number of hydrogen-bond acceptors (Lipinski definition) is 4. The first-order valence-electron chi connectivity index (χ1n) is 7.45. The maximum absolute atomic E-state index is 5.96. The molecule has 4 heteroatoms. The summed E-state index contributed by atoms with van der Waals surface area (Å²) in [4.78, 5) is 8.58. The summed E-state index contributed by atoms with van der Waals surface area (Å²) < 4.78 is 5.96. The highest BCUT2D eigenvalue weighted by Crippen LogP contribution is 2.63. The molecule has 2 heterocycles. The average molecular weight is 259 g/mol. The van der Waals surface area contributed by atoms with Crippen molar-refractivity contribution >= 4 is 0 Å². The Bertz CT molecular complexity index is 460. The second-order valence-electron chi connectivity index (χ2n) is 6.33. The third-order valence-electron chi connectivity index (χ3n) is 5.49. The first kappa shape index (κ1) is 11.8. The highest BCUT2D eigenvalue weighted by molar-refractivity contribution is 5.19. The summed E-state index contributed by atoms with van der Waals surface area (Å²) in [5.41, 5.74) is 1.48. The van der Waals surface area contributed by atoms with Crippen LogP contribution in [-0.4, -0.2) is 28.7 Å². The van der Waals surface area contributed by atoms with E-state index in [1.165, 1.54) is 25.7 Å². The van der Waals surface area contributed by atoms with Gasteiger partial charge in [-0.25, -0.2) is 0 Å². The third-order valence-corrected chi connectivity index (χ3v) is 5.49. The van der Waals surface area contributed by atoms with E-state index in [1.54, 1.807) is 12.4 Å². The van der Waals surface area contributed by atoms with Crippen LogP contribution in [0.5, 0.6) is 0 Å². The van der Waals surface area contributed by atoms with Gasteiger partial charge in [0, 0.05) is 48.6 Å². The summed E-state index contributed by atoms with van der Waals surface area (Å²) in [6.07, 6.45) is 11.2. The molecule has 2 aliphatic carbocycles. The molecule has 4 nitrogen and oxygen atoms in total. The summed E-state index contributed by atoms with van der Waals surface area (Å²) in [5.74, 6) is 0.722. The normalized spacial score (nSPS) is 36.4. The Morgan fingerprint density at radius 1 is 1.42 bits per heavy atom. The van der Waals surface area contributed by atoms with Gasteiger partial charge in [0.25, 0.3) is 0 Å². The molecule has 1 aromatic heterocycles. The molecule has 1 saturated heterocycles. The molecule has 0 aromatic carbocycles. The zero-order valence-corrected chi connectivity index (χ0v) is 11.4. The lowest BCUT2D eigenvalue weighted by Gasteiger charge is -2.64. The van der Waals surface area contributed by atoms with Gasteiger partial charge in [0.15, 0.2) is 0 Å². The van der Waals surface area contributed by atoms with Crippen LogP contribution in [0.2, 0.25) is 0 Å². The summed E-state index contributed by atoms with van der Waals surface area (Å²) in [5, 5.41) is 3.81. The zero-order chi connectivity index (χ0) is 12.9. The van der Waals surface area contributed by atoms with Gasteiger partial charge in [-0.3, -0.25) is 9.97 Å². The molecule has 0 bridgehead atoms. The second-order valence-corrected chi connectivity index (χ2v) is 6.33. The van der Waals surface area contributed by atoms with Gasteiger partial charge in [-0.15, -0.1) is 0 Å². The molecule has 19 heavy (non-hydrogen) atoms. The monoisotopic (exact) mass is 259 g/mol. The maximum atomic E-state index is 5.96. The number of rotatable bonds is 3. The van der Waals surface area contributed by atoms with E-state index < -0.39 is 0 Å². The Kier molecular flexibility index (Phi) is 2.64. The quantitative estimate of drug-likeness (QED) is 0.903. The standard InChI is InChI=1S/C15H21N3O/c1-10(12-9-16-6-7-17-12)18-13-11-3-8-19-14(11)15(13)4-2-5-15/h6-7,9-11,13-14,18H,2-5,8H2,1H3/t10-,11+,13+,14-/m0/s1. The fourth-order valence-corrected chi connectivity index (χ4v) is 4.38. The lowest BCUT2D eigenvalue weighted by atomic mass is 9.46. The van der Waals surface area contributed by atoms with Crippen molar-refractivity contribution in [3.05, 3.63) is 24.3 Å². The number of ether oxygens (including phenoxy) is 1. The van der Waals surface area contributed by atoms with Crippen LogP contribution in [0.4, 0.5) is 0 Å². The molecule has 4 rings (SSSR count). The van der Waals surface area contributed by atoms with E-state index in [0.717, 1.165) is 18.2 Å². The van der Waals surface area contributed by atoms with Gasteiger partial charge in [-0.2, -0.15) is 0 Å². The van der Waals surface area contributed by atoms with Gasteiger partial charge in [-0.1, -0.05) is 6.42 Å². The van der Waals surface area contributed by atoms with Gasteiger partial charge in [0.05, 0.1) is 11.8 Å². The van der Waals surface area contributed by atoms with Crippen LogP contribution in [0.1, 0.15) is 44.3 Å². The topological polar surface area (TPSA) is 47.0 Å². The van der Waals surface area contributed by atoms with Crippen LogP contribution in [-0.2, 0) is 4.74 Å². The fraction of sp³-hybridized carbons (Fsp3) is 0.733. The number of fused-ring (bicyclic) bond motifs is 2. The van der Waals surface area contributed by atoms with Crippen molar-refractivity contribution in [1.29, 1.82) is 0 Å². The van der Waals surface area contributed by atoms with E-state index in [1.807, 2.05) is 6.20 Å². The average Bonchev–Trinajstić information content (AvgIpc) is 2.80. The van der Waals surface area contributed by atoms with Crippen molar-refractivity contribution in [3.8, 4) is 0 Å². The predicted molar refractivity (Wildman–Crippen MR) is 71.5 cm³/mol. The van der Waals surface area contributed by atoms with E-state index in [-0.39, 0.29) is 6.04 Å². The first-order chi connectivity index (χ1) is 9.31. The Morgan fingerprint density at radius 3 is 3.00 bits per heavy atom. The van der Waals surface area contributed by atoms with Crippen LogP contribution in [0, 0.1) is 11.3 Å². The van der Waals surface area contributed by atoms with Crippen LogP contribution in [0.15, 0.2) is 18.6 Å². The van der Waals surface area contributed by atoms with E-state index >= 15 is 0 Å². The molecular formula is C15H21N3O. The minimum atomic E-state index is 0.276. The molecule has 1 spiro atoms. The summed E-state index contributed by atoms with van der Waals surface area (Å²) in [6.45, 7) is 3.15. The smallest absolute Gasteiger partial charge is 0.0753 e. The highest BCUT2D eigenvalue weighted by Gasteiger charge is 2.66. The summed E-state index contributed by atoms with van der Waals surface area (Å²) >= 11 is 0. The Morgan fingerprint density at radius 2 is 2.32 bits per heavy atom. The van der Waals surface area contributed by atoms with E-state index in [4.69, 9.17) is 4.74 Å². The molecule has 1 aromatic rings. The SMILES string of the molecule is C[C@H](N[C@@H]1[C@H]2CCO[C@@H]2C12CCC2)c1cnccn1. The fourth-order valence-electron chi connectivity index (χ4n) is 4.38. The number of nitrogens with one attached hydrogen (secondary N) is 1. The van der Waals surface area contributed by atoms with Crippen LogP contribution in [0.3, 0.4) is 0 Å². The zero-order valence-electron chi connectivity index (χ0n) is 11.4. The van der Waals surface area contributed by atoms with E-state index in [0.29, 0.717) is 17.6 Å². The molecule has 0 unspecified atom stereocenters. The third kappa shape index (κ3) is 1.59. The minimum Gasteiger partial charge on any atom is -0.377 e. The number of nitrogens with zero attached hydrogens (tertiary/aromatic N) is 2. The number of aromatic nitrogens is 2. The molecular weight excluding hydrogens is 238 g/mol. The molecule has 3 fully saturated rings. The van der Waals surface area contributed by atoms with Crippen molar-refractivity contribution < 1.29 is 4.74 Å². The number of hydrogen-bond donors (Lipinski definition) is 1. The first-order valence-corrected chi connectivity index (χ1v) is 7.45. The summed E-state index contributed by atoms with van der Waals surface area (Å²) in [6, 6.07) is 0.892. The van der Waals surface area contributed by atoms with Gasteiger partial charge < -0.3 is 10.1 Å². The predicted octanol–water partition coefficient (Wildman–Crippen LogP) is 2.08. The molecule has 1 aliphatic heterocycles. The van der Waals surface area contributed by atoms with Gasteiger partial charge in [0.1, 0.15) is 0 Å². The van der Waals surface area contributed by atoms with E-state index in [9.17, 15) is 0 Å². The molecule has 0 amide bonds. The highest BCUT2D eigenvalue weighted by atomic mass is 16.5. The Labute approximate surface area is 114 Å². The molecule has 102 valence electrons. The van der Waals surface area contributed by atoms with Crippen molar-refractivity contribution in [3.63, 3.8) is 0 Å². The van der Waals surface area contributed by atoms with Crippen molar-refractivity contribution in [2.24, 2.45) is 11.3 Å². The summed E-state index contributed by atoms with van der Waals surface area (Å²) in [7, 11) is 0. The van der Waals surface area contributed by atoms with Gasteiger partial charge >= 0.3 is 0 Å². The van der Waals surface area contributed by atoms with Crippen LogP contribution < -0.4 is 5.32 Å². The lowest BCUT2D eigenvalue weighted by Crippen LogP contribution is -2.71. The molecule has 3 aliphatic rings. The van der Waals surface area contributed by atoms with Gasteiger partial charge in [-0.05, 0) is 26.2 Å². The van der Waals surface area contributed by atoms with Gasteiger partial charge in [0.2, 0.25) is 0 Å². The molecule has 2 saturated carbocycles. The Balaban J connectivity index is 1.50. The van der Waals surface area contributed by atoms with Crippen LogP contribution >= 0.6 is 0 Å². The van der Waals surface area contributed by atoms with Crippen molar-refractivity contribution in [1.82, 2.24) is 15.3 Å². The minimum absolute atomic E-state index is 0.276. The largest absolute Gasteiger partial charge is 0.377 e. The van der Waals surface area contributed by atoms with Crippen LogP contribution in [0.25, 0.3) is 0 Å². The maximum Gasteiger partial charge on any atom is 0.0753 e.